The van der Waals surface area contributed by atoms with Crippen molar-refractivity contribution in [3.63, 3.8) is 0 Å². The Hall–Kier alpha value is -2.67. The summed E-state index contributed by atoms with van der Waals surface area (Å²) in [6, 6.07) is 15.3. The molecule has 26 heavy (non-hydrogen) atoms. The predicted molar refractivity (Wildman–Crippen MR) is 101 cm³/mol. The van der Waals surface area contributed by atoms with Crippen LogP contribution in [0.5, 0.6) is 0 Å². The van der Waals surface area contributed by atoms with Crippen molar-refractivity contribution in [1.82, 2.24) is 9.38 Å². The molecule has 1 amide bonds. The van der Waals surface area contributed by atoms with Gasteiger partial charge in [-0.05, 0) is 24.5 Å². The van der Waals surface area contributed by atoms with Crippen LogP contribution >= 0.6 is 0 Å². The third-order valence-corrected chi connectivity index (χ3v) is 6.47. The zero-order valence-electron chi connectivity index (χ0n) is 14.1. The van der Waals surface area contributed by atoms with Crippen molar-refractivity contribution in [1.29, 1.82) is 0 Å². The molecular formula is C19H19N3O3S. The fraction of sp³-hybridized carbons (Fsp3) is 0.263. The van der Waals surface area contributed by atoms with Crippen LogP contribution < -0.4 is 5.32 Å². The van der Waals surface area contributed by atoms with Gasteiger partial charge < -0.3 is 5.32 Å². The van der Waals surface area contributed by atoms with E-state index in [-0.39, 0.29) is 29.8 Å². The van der Waals surface area contributed by atoms with Gasteiger partial charge in [-0.1, -0.05) is 36.4 Å². The minimum atomic E-state index is -2.99. The van der Waals surface area contributed by atoms with Crippen LogP contribution in [0.15, 0.2) is 54.7 Å². The number of fused-ring (bicyclic) bond motifs is 1. The van der Waals surface area contributed by atoms with Gasteiger partial charge in [-0.15, -0.1) is 0 Å². The van der Waals surface area contributed by atoms with Crippen LogP contribution in [0.2, 0.25) is 0 Å². The molecule has 1 unspecified atom stereocenters. The summed E-state index contributed by atoms with van der Waals surface area (Å²) in [4.78, 5) is 17.2. The molecule has 1 fully saturated rings. The minimum Gasteiger partial charge on any atom is -0.310 e. The van der Waals surface area contributed by atoms with Gasteiger partial charge in [0, 0.05) is 18.2 Å². The van der Waals surface area contributed by atoms with Gasteiger partial charge >= 0.3 is 0 Å². The Morgan fingerprint density at radius 2 is 1.92 bits per heavy atom. The Bertz CT molecular complexity index is 1060. The average Bonchev–Trinajstić information content (AvgIpc) is 3.16. The number of nitrogens with one attached hydrogen (secondary N) is 1. The number of benzene rings is 1. The molecule has 3 aromatic rings. The SMILES string of the molecule is O=C(CC1CCS(=O)(=O)C1)Nc1c(-c2ccccc2)nc2ccccn12. The number of anilines is 1. The van der Waals surface area contributed by atoms with E-state index < -0.39 is 9.84 Å². The minimum absolute atomic E-state index is 0.0963. The maximum atomic E-state index is 12.6. The molecule has 1 atom stereocenters. The summed E-state index contributed by atoms with van der Waals surface area (Å²) >= 11 is 0. The second-order valence-corrected chi connectivity index (χ2v) is 8.85. The predicted octanol–water partition coefficient (Wildman–Crippen LogP) is 2.76. The molecule has 1 aliphatic rings. The second kappa shape index (κ2) is 6.57. The van der Waals surface area contributed by atoms with Gasteiger partial charge in [0.05, 0.1) is 11.5 Å². The number of nitrogens with zero attached hydrogens (tertiary/aromatic N) is 2. The topological polar surface area (TPSA) is 80.5 Å². The fourth-order valence-corrected chi connectivity index (χ4v) is 5.25. The van der Waals surface area contributed by atoms with E-state index in [0.29, 0.717) is 17.9 Å². The smallest absolute Gasteiger partial charge is 0.225 e. The second-order valence-electron chi connectivity index (χ2n) is 6.63. The van der Waals surface area contributed by atoms with Crippen molar-refractivity contribution < 1.29 is 13.2 Å². The summed E-state index contributed by atoms with van der Waals surface area (Å²) in [6.45, 7) is 0. The van der Waals surface area contributed by atoms with Crippen LogP contribution in [0.3, 0.4) is 0 Å². The van der Waals surface area contributed by atoms with Crippen LogP contribution in [0.4, 0.5) is 5.82 Å². The zero-order chi connectivity index (χ0) is 18.1. The molecule has 1 N–H and O–H groups in total. The molecule has 1 aromatic carbocycles. The van der Waals surface area contributed by atoms with Crippen molar-refractivity contribution in [3.05, 3.63) is 54.7 Å². The molecule has 0 aliphatic carbocycles. The van der Waals surface area contributed by atoms with Crippen molar-refractivity contribution in [3.8, 4) is 11.3 Å². The van der Waals surface area contributed by atoms with Crippen LogP contribution in [0, 0.1) is 5.92 Å². The van der Waals surface area contributed by atoms with Gasteiger partial charge in [-0.3, -0.25) is 9.20 Å². The molecule has 0 bridgehead atoms. The van der Waals surface area contributed by atoms with E-state index in [1.54, 1.807) is 0 Å². The van der Waals surface area contributed by atoms with Crippen LogP contribution in [-0.4, -0.2) is 35.2 Å². The summed E-state index contributed by atoms with van der Waals surface area (Å²) in [5.41, 5.74) is 2.35. The number of aromatic nitrogens is 2. The normalized spacial score (nSPS) is 18.8. The van der Waals surface area contributed by atoms with Gasteiger partial charge in [0.1, 0.15) is 17.2 Å². The lowest BCUT2D eigenvalue weighted by Crippen LogP contribution is -2.18. The summed E-state index contributed by atoms with van der Waals surface area (Å²) in [6.07, 6.45) is 2.60. The van der Waals surface area contributed by atoms with Crippen molar-refractivity contribution >= 4 is 27.2 Å². The molecule has 7 heteroatoms. The Morgan fingerprint density at radius 1 is 1.15 bits per heavy atom. The average molecular weight is 369 g/mol. The molecule has 0 saturated carbocycles. The third kappa shape index (κ3) is 3.35. The molecule has 2 aromatic heterocycles. The van der Waals surface area contributed by atoms with Gasteiger partial charge in [0.2, 0.25) is 5.91 Å². The highest BCUT2D eigenvalue weighted by atomic mass is 32.2. The Balaban J connectivity index is 1.64. The van der Waals surface area contributed by atoms with Crippen molar-refractivity contribution in [2.75, 3.05) is 16.8 Å². The molecular weight excluding hydrogens is 350 g/mol. The highest BCUT2D eigenvalue weighted by Gasteiger charge is 2.29. The number of rotatable bonds is 4. The molecule has 134 valence electrons. The van der Waals surface area contributed by atoms with Crippen molar-refractivity contribution in [2.45, 2.75) is 12.8 Å². The van der Waals surface area contributed by atoms with E-state index in [0.717, 1.165) is 11.2 Å². The fourth-order valence-electron chi connectivity index (χ4n) is 3.39. The van der Waals surface area contributed by atoms with Gasteiger partial charge in [0.25, 0.3) is 0 Å². The van der Waals surface area contributed by atoms with Gasteiger partial charge in [-0.25, -0.2) is 13.4 Å². The summed E-state index contributed by atoms with van der Waals surface area (Å²) in [7, 11) is -2.99. The first-order chi connectivity index (χ1) is 12.5. The first kappa shape index (κ1) is 16.8. The van der Waals surface area contributed by atoms with E-state index in [2.05, 4.69) is 10.3 Å². The first-order valence-corrected chi connectivity index (χ1v) is 10.4. The number of hydrogen-bond donors (Lipinski definition) is 1. The molecule has 1 saturated heterocycles. The molecule has 1 aliphatic heterocycles. The molecule has 6 nitrogen and oxygen atoms in total. The van der Waals surface area contributed by atoms with E-state index in [1.807, 2.05) is 59.1 Å². The molecule has 3 heterocycles. The van der Waals surface area contributed by atoms with E-state index in [1.165, 1.54) is 0 Å². The highest BCUT2D eigenvalue weighted by molar-refractivity contribution is 7.91. The van der Waals surface area contributed by atoms with Gasteiger partial charge in [0.15, 0.2) is 9.84 Å². The zero-order valence-corrected chi connectivity index (χ0v) is 14.9. The van der Waals surface area contributed by atoms with E-state index in [4.69, 9.17) is 0 Å². The Kier molecular flexibility index (Phi) is 4.24. The number of hydrogen-bond acceptors (Lipinski definition) is 4. The highest BCUT2D eigenvalue weighted by Crippen LogP contribution is 2.29. The number of amides is 1. The number of pyridine rings is 1. The lowest BCUT2D eigenvalue weighted by Gasteiger charge is -2.10. The van der Waals surface area contributed by atoms with Crippen LogP contribution in [0.1, 0.15) is 12.8 Å². The number of imidazole rings is 1. The maximum absolute atomic E-state index is 12.6. The largest absolute Gasteiger partial charge is 0.310 e. The number of carbonyl (C=O) groups is 1. The van der Waals surface area contributed by atoms with Crippen molar-refractivity contribution in [2.24, 2.45) is 5.92 Å². The quantitative estimate of drug-likeness (QED) is 0.767. The monoisotopic (exact) mass is 369 g/mol. The molecule has 4 rings (SSSR count). The lowest BCUT2D eigenvalue weighted by atomic mass is 10.0. The number of carbonyl (C=O) groups excluding carboxylic acids is 1. The standard InChI is InChI=1S/C19H19N3O3S/c23-17(12-14-9-11-26(24,25)13-14)21-19-18(15-6-2-1-3-7-15)20-16-8-4-5-10-22(16)19/h1-8,10,14H,9,11-13H2,(H,21,23). The lowest BCUT2D eigenvalue weighted by molar-refractivity contribution is -0.116. The van der Waals surface area contributed by atoms with Crippen LogP contribution in [0.25, 0.3) is 16.9 Å². The van der Waals surface area contributed by atoms with E-state index in [9.17, 15) is 13.2 Å². The maximum Gasteiger partial charge on any atom is 0.225 e. The molecule has 0 radical (unpaired) electrons. The van der Waals surface area contributed by atoms with Crippen LogP contribution in [-0.2, 0) is 14.6 Å². The Morgan fingerprint density at radius 3 is 2.65 bits per heavy atom. The Labute approximate surface area is 151 Å². The first-order valence-electron chi connectivity index (χ1n) is 8.55. The third-order valence-electron chi connectivity index (χ3n) is 4.64. The summed E-state index contributed by atoms with van der Waals surface area (Å²) in [5, 5.41) is 2.95. The molecule has 0 spiro atoms. The summed E-state index contributed by atoms with van der Waals surface area (Å²) < 4.78 is 25.1. The van der Waals surface area contributed by atoms with Gasteiger partial charge in [-0.2, -0.15) is 0 Å². The number of sulfone groups is 1. The summed E-state index contributed by atoms with van der Waals surface area (Å²) in [5.74, 6) is 0.585. The van der Waals surface area contributed by atoms with E-state index >= 15 is 0 Å².